The lowest BCUT2D eigenvalue weighted by Gasteiger charge is -2.37. The molecule has 3 aromatic carbocycles. The molecule has 3 aromatic rings. The van der Waals surface area contributed by atoms with Crippen molar-refractivity contribution < 1.29 is 24.2 Å². The number of hydrogen-bond acceptors (Lipinski definition) is 5. The molecular formula is C27H30N2O5S2. The van der Waals surface area contributed by atoms with Gasteiger partial charge in [0.1, 0.15) is 24.4 Å². The molecule has 0 aromatic heterocycles. The molecule has 2 aliphatic heterocycles. The Balaban J connectivity index is 0.00000180. The number of carbonyl (C=O) groups is 3. The van der Waals surface area contributed by atoms with E-state index in [0.717, 1.165) is 29.2 Å². The first-order chi connectivity index (χ1) is 16.5. The maximum Gasteiger partial charge on any atom is 0.252 e. The number of likely N-dealkylation sites (tertiary alicyclic amines) is 1. The van der Waals surface area contributed by atoms with Crippen molar-refractivity contribution >= 4 is 55.4 Å². The second-order valence-electron chi connectivity index (χ2n) is 8.86. The molecule has 0 bridgehead atoms. The molecular weight excluding hydrogens is 496 g/mol. The average molecular weight is 527 g/mol. The number of benzene rings is 3. The van der Waals surface area contributed by atoms with Gasteiger partial charge >= 0.3 is 0 Å². The number of amides is 2. The smallest absolute Gasteiger partial charge is 0.252 e. The Morgan fingerprint density at radius 2 is 1.75 bits per heavy atom. The number of Topliss-reactive ketones (excluding diaryl/α,β-unsaturated/α-hetero) is 1. The third kappa shape index (κ3) is 5.53. The second-order valence-corrected chi connectivity index (χ2v) is 8.86. The predicted octanol–water partition coefficient (Wildman–Crippen LogP) is 3.07. The monoisotopic (exact) mass is 526 g/mol. The number of phenolic OH excluding ortho intramolecular Hbond substituents is 1. The quantitative estimate of drug-likeness (QED) is 0.533. The molecule has 0 aliphatic carbocycles. The molecule has 5 rings (SSSR count). The molecule has 0 saturated carbocycles. The zero-order valence-corrected chi connectivity index (χ0v) is 21.6. The maximum absolute atomic E-state index is 13.7. The first kappa shape index (κ1) is 27.6. The summed E-state index contributed by atoms with van der Waals surface area (Å²) in [5.41, 5.74) is 1.27. The summed E-state index contributed by atoms with van der Waals surface area (Å²) in [4.78, 5) is 41.2. The Hall–Kier alpha value is -3.01. The Morgan fingerprint density at radius 1 is 1.03 bits per heavy atom. The van der Waals surface area contributed by atoms with Crippen LogP contribution in [-0.2, 0) is 20.7 Å². The fourth-order valence-electron chi connectivity index (χ4n) is 4.97. The van der Waals surface area contributed by atoms with E-state index < -0.39 is 12.1 Å². The van der Waals surface area contributed by atoms with Crippen LogP contribution < -0.4 is 5.32 Å². The number of ether oxygens (including phenoxy) is 1. The van der Waals surface area contributed by atoms with Crippen molar-refractivity contribution in [3.8, 4) is 5.75 Å². The summed E-state index contributed by atoms with van der Waals surface area (Å²) < 4.78 is 5.60. The summed E-state index contributed by atoms with van der Waals surface area (Å²) in [7, 11) is 0. The Bertz CT molecular complexity index is 1250. The zero-order chi connectivity index (χ0) is 23.7. The summed E-state index contributed by atoms with van der Waals surface area (Å²) in [5, 5.41) is 14.3. The van der Waals surface area contributed by atoms with Gasteiger partial charge in [-0.2, -0.15) is 27.0 Å². The van der Waals surface area contributed by atoms with Gasteiger partial charge in [-0.3, -0.25) is 14.4 Å². The molecule has 2 amide bonds. The number of hydrogen-bond donors (Lipinski definition) is 2. The van der Waals surface area contributed by atoms with Gasteiger partial charge in [0, 0.05) is 18.5 Å². The van der Waals surface area contributed by atoms with E-state index in [9.17, 15) is 19.5 Å². The fraction of sp³-hybridized carbons (Fsp3) is 0.296. The lowest BCUT2D eigenvalue weighted by molar-refractivity contribution is -0.142. The molecule has 0 spiro atoms. The number of nitrogens with zero attached hydrogens (tertiary/aromatic N) is 1. The molecule has 190 valence electrons. The number of fused-ring (bicyclic) bond motifs is 2. The van der Waals surface area contributed by atoms with E-state index in [1.807, 2.05) is 36.4 Å². The van der Waals surface area contributed by atoms with Crippen LogP contribution in [0, 0.1) is 0 Å². The van der Waals surface area contributed by atoms with Crippen LogP contribution >= 0.6 is 27.0 Å². The maximum atomic E-state index is 13.7. The summed E-state index contributed by atoms with van der Waals surface area (Å²) in [6.45, 7) is 0.468. The topological polar surface area (TPSA) is 95.9 Å². The summed E-state index contributed by atoms with van der Waals surface area (Å²) in [5.74, 6) is -0.618. The second kappa shape index (κ2) is 11.8. The Morgan fingerprint density at radius 3 is 2.53 bits per heavy atom. The summed E-state index contributed by atoms with van der Waals surface area (Å²) in [6, 6.07) is 18.2. The minimum absolute atomic E-state index is 0. The number of nitrogens with one attached hydrogen (secondary N) is 1. The third-order valence-corrected chi connectivity index (χ3v) is 6.64. The van der Waals surface area contributed by atoms with Gasteiger partial charge in [0.05, 0.1) is 6.10 Å². The van der Waals surface area contributed by atoms with Gasteiger partial charge in [0.25, 0.3) is 5.91 Å². The van der Waals surface area contributed by atoms with E-state index in [2.05, 4.69) is 5.32 Å². The van der Waals surface area contributed by atoms with Gasteiger partial charge in [0.2, 0.25) is 5.91 Å². The van der Waals surface area contributed by atoms with Crippen molar-refractivity contribution in [2.24, 2.45) is 0 Å². The summed E-state index contributed by atoms with van der Waals surface area (Å²) in [6.07, 6.45) is 1.43. The van der Waals surface area contributed by atoms with Crippen LogP contribution in [0.25, 0.3) is 10.8 Å². The molecule has 2 saturated heterocycles. The minimum Gasteiger partial charge on any atom is -0.508 e. The Labute approximate surface area is 223 Å². The molecule has 2 heterocycles. The summed E-state index contributed by atoms with van der Waals surface area (Å²) >= 11 is 0. The molecule has 0 radical (unpaired) electrons. The van der Waals surface area contributed by atoms with E-state index in [-0.39, 0.29) is 69.5 Å². The van der Waals surface area contributed by atoms with Crippen molar-refractivity contribution in [3.05, 3.63) is 77.9 Å². The molecule has 36 heavy (non-hydrogen) atoms. The largest absolute Gasteiger partial charge is 0.508 e. The lowest BCUT2D eigenvalue weighted by Crippen LogP contribution is -2.58. The highest BCUT2D eigenvalue weighted by atomic mass is 32.1. The highest BCUT2D eigenvalue weighted by molar-refractivity contribution is 7.59. The van der Waals surface area contributed by atoms with Gasteiger partial charge in [-0.1, -0.05) is 48.5 Å². The Kier molecular flexibility index (Phi) is 9.05. The molecule has 2 N–H and O–H groups in total. The highest BCUT2D eigenvalue weighted by Crippen LogP contribution is 2.27. The fourth-order valence-corrected chi connectivity index (χ4v) is 4.97. The molecule has 7 nitrogen and oxygen atoms in total. The van der Waals surface area contributed by atoms with Crippen LogP contribution in [0.5, 0.6) is 5.75 Å². The van der Waals surface area contributed by atoms with Crippen molar-refractivity contribution in [1.82, 2.24) is 10.2 Å². The van der Waals surface area contributed by atoms with Crippen molar-refractivity contribution in [2.75, 3.05) is 13.2 Å². The van der Waals surface area contributed by atoms with E-state index in [0.29, 0.717) is 12.1 Å². The van der Waals surface area contributed by atoms with E-state index in [4.69, 9.17) is 4.74 Å². The van der Waals surface area contributed by atoms with Gasteiger partial charge in [-0.15, -0.1) is 0 Å². The van der Waals surface area contributed by atoms with Crippen molar-refractivity contribution in [2.45, 2.75) is 37.5 Å². The van der Waals surface area contributed by atoms with Crippen LogP contribution in [0.1, 0.15) is 28.8 Å². The van der Waals surface area contributed by atoms with Crippen LogP contribution in [0.2, 0.25) is 0 Å². The number of aromatic hydroxyl groups is 1. The number of phenols is 1. The molecule has 0 unspecified atom stereocenters. The molecule has 3 atom stereocenters. The van der Waals surface area contributed by atoms with Crippen LogP contribution in [-0.4, -0.2) is 58.9 Å². The SMILES string of the molecule is O=C(N[C@@H](Cc1ccc(O)cc1)C(=O)N1CCC[C@H]2OCC(=O)[C@H]21)c1cccc2ccccc12.S.S. The van der Waals surface area contributed by atoms with Gasteiger partial charge < -0.3 is 20.1 Å². The minimum atomic E-state index is -0.872. The lowest BCUT2D eigenvalue weighted by atomic mass is 9.95. The van der Waals surface area contributed by atoms with E-state index >= 15 is 0 Å². The molecule has 2 aliphatic rings. The van der Waals surface area contributed by atoms with Crippen molar-refractivity contribution in [3.63, 3.8) is 0 Å². The van der Waals surface area contributed by atoms with Gasteiger partial charge in [-0.05, 0) is 47.4 Å². The zero-order valence-electron chi connectivity index (χ0n) is 19.6. The van der Waals surface area contributed by atoms with Crippen LogP contribution in [0.15, 0.2) is 66.7 Å². The van der Waals surface area contributed by atoms with Crippen molar-refractivity contribution in [1.29, 1.82) is 0 Å². The first-order valence-corrected chi connectivity index (χ1v) is 11.5. The number of ketones is 1. The first-order valence-electron chi connectivity index (χ1n) is 11.5. The number of rotatable bonds is 5. The van der Waals surface area contributed by atoms with Crippen LogP contribution in [0.3, 0.4) is 0 Å². The normalized spacial score (nSPS) is 19.6. The standard InChI is InChI=1S/C27H26N2O5.2H2S/c30-19-12-10-17(11-13-19)15-22(27(33)29-14-4-9-24-25(29)23(31)16-34-24)28-26(32)21-8-3-6-18-5-1-2-7-20(18)21;;/h1-3,5-8,10-13,22,24-25,30H,4,9,14-16H2,(H,28,32);2*1H2/t22-,24+,25+;;/m0../s1. The molecule has 2 fully saturated rings. The van der Waals surface area contributed by atoms with E-state index in [1.165, 1.54) is 0 Å². The van der Waals surface area contributed by atoms with Crippen LogP contribution in [0.4, 0.5) is 0 Å². The number of piperidine rings is 1. The van der Waals surface area contributed by atoms with Gasteiger partial charge in [-0.25, -0.2) is 0 Å². The third-order valence-electron chi connectivity index (χ3n) is 6.64. The number of carbonyl (C=O) groups excluding carboxylic acids is 3. The average Bonchev–Trinajstić information content (AvgIpc) is 3.25. The highest BCUT2D eigenvalue weighted by Gasteiger charge is 2.45. The van der Waals surface area contributed by atoms with Gasteiger partial charge in [0.15, 0.2) is 5.78 Å². The predicted molar refractivity (Wildman–Crippen MR) is 147 cm³/mol. The molecule has 9 heteroatoms. The van der Waals surface area contributed by atoms with E-state index in [1.54, 1.807) is 35.2 Å².